The molecule has 0 saturated carbocycles. The van der Waals surface area contributed by atoms with E-state index in [4.69, 9.17) is 18.9 Å². The van der Waals surface area contributed by atoms with E-state index in [-0.39, 0.29) is 11.6 Å². The molecule has 0 bridgehead atoms. The van der Waals surface area contributed by atoms with Gasteiger partial charge in [0.2, 0.25) is 15.9 Å². The molecule has 0 unspecified atom stereocenters. The number of pyridine rings is 1. The number of methoxy groups -OCH3 is 1. The van der Waals surface area contributed by atoms with Gasteiger partial charge < -0.3 is 18.9 Å². The van der Waals surface area contributed by atoms with Gasteiger partial charge in [0, 0.05) is 30.4 Å². The first-order chi connectivity index (χ1) is 18.8. The second-order valence-electron chi connectivity index (χ2n) is 9.94. The van der Waals surface area contributed by atoms with Gasteiger partial charge in [-0.1, -0.05) is 19.8 Å². The first kappa shape index (κ1) is 32.6. The molecule has 2 amide bonds. The summed E-state index contributed by atoms with van der Waals surface area (Å²) in [6.07, 6.45) is 5.49. The van der Waals surface area contributed by atoms with Crippen LogP contribution in [0.3, 0.4) is 0 Å². The number of aryl methyl sites for hydroxylation is 1. The Balaban J connectivity index is 2.24. The van der Waals surface area contributed by atoms with Crippen LogP contribution in [-0.4, -0.2) is 57.1 Å². The molecule has 1 heterocycles. The lowest BCUT2D eigenvalue weighted by molar-refractivity contribution is -0.114. The minimum Gasteiger partial charge on any atom is -0.491 e. The van der Waals surface area contributed by atoms with Crippen LogP contribution in [0, 0.1) is 6.92 Å². The Morgan fingerprint density at radius 1 is 1.10 bits per heavy atom. The molecule has 11 nitrogen and oxygen atoms in total. The molecule has 2 rings (SSSR count). The van der Waals surface area contributed by atoms with Crippen molar-refractivity contribution in [1.82, 2.24) is 9.71 Å². The van der Waals surface area contributed by atoms with E-state index in [1.807, 2.05) is 6.92 Å². The van der Waals surface area contributed by atoms with Gasteiger partial charge in [-0.05, 0) is 58.4 Å². The summed E-state index contributed by atoms with van der Waals surface area (Å²) in [6, 6.07) is 6.67. The number of aromatic nitrogens is 1. The van der Waals surface area contributed by atoms with E-state index in [0.29, 0.717) is 47.9 Å². The molecule has 0 fully saturated rings. The number of hydrogen-bond acceptors (Lipinski definition) is 9. The van der Waals surface area contributed by atoms with Crippen LogP contribution in [0.5, 0.6) is 17.4 Å². The van der Waals surface area contributed by atoms with Crippen LogP contribution < -0.4 is 19.5 Å². The SMILES string of the molecule is CCCCCS(=O)(=O)NC(=O)C=Cc1ccc(OCCOC)cc1Oc1ncc(NC(=O)OC(C)(C)C)cc1C. The number of benzene rings is 1. The molecule has 12 heteroatoms. The summed E-state index contributed by atoms with van der Waals surface area (Å²) < 4.78 is 48.4. The number of sulfonamides is 1. The number of amides is 2. The maximum Gasteiger partial charge on any atom is 0.412 e. The van der Waals surface area contributed by atoms with E-state index in [2.05, 4.69) is 15.0 Å². The van der Waals surface area contributed by atoms with Crippen LogP contribution >= 0.6 is 0 Å². The van der Waals surface area contributed by atoms with Crippen LogP contribution in [0.15, 0.2) is 36.5 Å². The van der Waals surface area contributed by atoms with Crippen molar-refractivity contribution in [2.45, 2.75) is 59.5 Å². The first-order valence-corrected chi connectivity index (χ1v) is 14.6. The van der Waals surface area contributed by atoms with Crippen LogP contribution in [0.1, 0.15) is 58.1 Å². The standard InChI is InChI=1S/C28H39N3O8S/c1-7-8-9-16-40(34,35)31-25(32)13-11-21-10-12-23(37-15-14-36-6)18-24(21)38-26-20(2)17-22(19-29-26)30-27(33)39-28(3,4)5/h10-13,17-19H,7-9,14-16H2,1-6H3,(H,30,33)(H,31,32). The summed E-state index contributed by atoms with van der Waals surface area (Å²) in [4.78, 5) is 28.7. The highest BCUT2D eigenvalue weighted by molar-refractivity contribution is 7.90. The van der Waals surface area contributed by atoms with E-state index in [1.54, 1.807) is 59.1 Å². The highest BCUT2D eigenvalue weighted by Crippen LogP contribution is 2.32. The van der Waals surface area contributed by atoms with Gasteiger partial charge in [-0.25, -0.2) is 22.9 Å². The lowest BCUT2D eigenvalue weighted by Crippen LogP contribution is -2.31. The van der Waals surface area contributed by atoms with Crippen LogP contribution in [0.2, 0.25) is 0 Å². The van der Waals surface area contributed by atoms with Crippen molar-refractivity contribution < 1.29 is 37.0 Å². The van der Waals surface area contributed by atoms with Crippen molar-refractivity contribution in [3.05, 3.63) is 47.7 Å². The number of rotatable bonds is 14. The topological polar surface area (TPSA) is 142 Å². The Labute approximate surface area is 236 Å². The van der Waals surface area contributed by atoms with E-state index in [1.165, 1.54) is 12.3 Å². The molecule has 0 radical (unpaired) electrons. The quantitative estimate of drug-likeness (QED) is 0.229. The molecule has 220 valence electrons. The molecule has 0 aliphatic carbocycles. The highest BCUT2D eigenvalue weighted by Gasteiger charge is 2.17. The fraction of sp³-hybridized carbons (Fsp3) is 0.464. The predicted molar refractivity (Wildman–Crippen MR) is 153 cm³/mol. The van der Waals surface area contributed by atoms with Gasteiger partial charge in [0.25, 0.3) is 5.91 Å². The molecule has 0 saturated heterocycles. The Morgan fingerprint density at radius 3 is 2.50 bits per heavy atom. The largest absolute Gasteiger partial charge is 0.491 e. The maximum absolute atomic E-state index is 12.3. The third-order valence-electron chi connectivity index (χ3n) is 5.11. The number of unbranched alkanes of at least 4 members (excludes halogenated alkanes) is 2. The number of anilines is 1. The summed E-state index contributed by atoms with van der Waals surface area (Å²) in [5.41, 5.74) is 0.874. The number of ether oxygens (including phenoxy) is 4. The average Bonchev–Trinajstić information content (AvgIpc) is 2.84. The van der Waals surface area contributed by atoms with Gasteiger partial charge in [-0.3, -0.25) is 10.1 Å². The fourth-order valence-corrected chi connectivity index (χ4v) is 4.34. The summed E-state index contributed by atoms with van der Waals surface area (Å²) in [5.74, 6) is 0.170. The third-order valence-corrected chi connectivity index (χ3v) is 6.45. The summed E-state index contributed by atoms with van der Waals surface area (Å²) in [6.45, 7) is 9.72. The van der Waals surface area contributed by atoms with Crippen LogP contribution in [-0.2, 0) is 24.3 Å². The normalized spacial score (nSPS) is 11.8. The number of nitrogens with one attached hydrogen (secondary N) is 2. The summed E-state index contributed by atoms with van der Waals surface area (Å²) in [7, 11) is -2.16. The van der Waals surface area contributed by atoms with Crippen molar-refractivity contribution in [2.75, 3.05) is 31.4 Å². The molecule has 40 heavy (non-hydrogen) atoms. The zero-order valence-electron chi connectivity index (χ0n) is 23.9. The zero-order valence-corrected chi connectivity index (χ0v) is 24.7. The molecule has 0 spiro atoms. The molecule has 2 N–H and O–H groups in total. The smallest absolute Gasteiger partial charge is 0.412 e. The van der Waals surface area contributed by atoms with E-state index < -0.39 is 27.6 Å². The minimum absolute atomic E-state index is 0.119. The van der Waals surface area contributed by atoms with Gasteiger partial charge in [-0.2, -0.15) is 0 Å². The number of carbonyl (C=O) groups is 2. The van der Waals surface area contributed by atoms with E-state index >= 15 is 0 Å². The van der Waals surface area contributed by atoms with Gasteiger partial charge >= 0.3 is 6.09 Å². The molecule has 1 aromatic carbocycles. The maximum atomic E-state index is 12.3. The lowest BCUT2D eigenvalue weighted by Gasteiger charge is -2.19. The Kier molecular flexibility index (Phi) is 12.4. The van der Waals surface area contributed by atoms with Crippen molar-refractivity contribution in [2.24, 2.45) is 0 Å². The minimum atomic E-state index is -3.73. The van der Waals surface area contributed by atoms with Gasteiger partial charge in [-0.15, -0.1) is 0 Å². The van der Waals surface area contributed by atoms with E-state index in [9.17, 15) is 18.0 Å². The molecule has 0 aliphatic rings. The van der Waals surface area contributed by atoms with E-state index in [0.717, 1.165) is 18.9 Å². The lowest BCUT2D eigenvalue weighted by atomic mass is 10.1. The van der Waals surface area contributed by atoms with Crippen molar-refractivity contribution in [3.8, 4) is 17.4 Å². The molecule has 0 atom stereocenters. The molecular weight excluding hydrogens is 538 g/mol. The molecular formula is C28H39N3O8S. The predicted octanol–water partition coefficient (Wildman–Crippen LogP) is 5.20. The van der Waals surface area contributed by atoms with Crippen molar-refractivity contribution in [3.63, 3.8) is 0 Å². The monoisotopic (exact) mass is 577 g/mol. The second kappa shape index (κ2) is 15.2. The van der Waals surface area contributed by atoms with Crippen molar-refractivity contribution in [1.29, 1.82) is 0 Å². The zero-order chi connectivity index (χ0) is 29.8. The Hall–Kier alpha value is -3.64. The molecule has 0 aliphatic heterocycles. The second-order valence-corrected chi connectivity index (χ2v) is 11.8. The third kappa shape index (κ3) is 12.0. The molecule has 2 aromatic rings. The first-order valence-electron chi connectivity index (χ1n) is 12.9. The fourth-order valence-electron chi connectivity index (χ4n) is 3.28. The van der Waals surface area contributed by atoms with Crippen LogP contribution in [0.4, 0.5) is 10.5 Å². The summed E-state index contributed by atoms with van der Waals surface area (Å²) >= 11 is 0. The number of carbonyl (C=O) groups excluding carboxylic acids is 2. The molecule has 1 aromatic heterocycles. The average molecular weight is 578 g/mol. The van der Waals surface area contributed by atoms with Gasteiger partial charge in [0.05, 0.1) is 24.2 Å². The van der Waals surface area contributed by atoms with Gasteiger partial charge in [0.15, 0.2) is 0 Å². The Bertz CT molecular complexity index is 1290. The van der Waals surface area contributed by atoms with Gasteiger partial charge in [0.1, 0.15) is 23.7 Å². The van der Waals surface area contributed by atoms with Crippen molar-refractivity contribution >= 4 is 33.8 Å². The highest BCUT2D eigenvalue weighted by atomic mass is 32.2. The Morgan fingerprint density at radius 2 is 1.85 bits per heavy atom. The van der Waals surface area contributed by atoms with Crippen LogP contribution in [0.25, 0.3) is 6.08 Å². The number of hydrogen-bond donors (Lipinski definition) is 2. The summed E-state index contributed by atoms with van der Waals surface area (Å²) in [5, 5.41) is 2.63. The number of nitrogens with zero attached hydrogens (tertiary/aromatic N) is 1.